The highest BCUT2D eigenvalue weighted by molar-refractivity contribution is 5.74. The van der Waals surface area contributed by atoms with Gasteiger partial charge in [0.25, 0.3) is 0 Å². The number of nitriles is 1. The fraction of sp³-hybridized carbons (Fsp3) is 0.875. The third kappa shape index (κ3) is 5.41. The minimum absolute atomic E-state index is 0.0986. The molecular weight excluding hydrogens is 558 g/mol. The van der Waals surface area contributed by atoms with Crippen LogP contribution in [-0.4, -0.2) is 25.2 Å². The maximum atomic E-state index is 13.3. The summed E-state index contributed by atoms with van der Waals surface area (Å²) in [4.78, 5) is 25.2. The molecule has 0 aromatic heterocycles. The van der Waals surface area contributed by atoms with Crippen molar-refractivity contribution in [2.75, 3.05) is 7.11 Å². The van der Waals surface area contributed by atoms with Gasteiger partial charge in [0.15, 0.2) is 0 Å². The molecule has 0 bridgehead atoms. The number of carbonyl (C=O) groups is 2. The van der Waals surface area contributed by atoms with Crippen LogP contribution in [-0.2, 0) is 19.1 Å². The molecule has 5 aliphatic carbocycles. The smallest absolute Gasteiger partial charge is 0.306 e. The highest BCUT2D eigenvalue weighted by Crippen LogP contribution is 2.78. The van der Waals surface area contributed by atoms with Gasteiger partial charge in [0.05, 0.1) is 26.0 Å². The van der Waals surface area contributed by atoms with Crippen LogP contribution in [0, 0.1) is 73.4 Å². The lowest BCUT2D eigenvalue weighted by atomic mass is 9.32. The van der Waals surface area contributed by atoms with Crippen molar-refractivity contribution in [2.45, 2.75) is 151 Å². The lowest BCUT2D eigenvalue weighted by Crippen LogP contribution is -2.66. The Morgan fingerprint density at radius 2 is 1.56 bits per heavy atom. The van der Waals surface area contributed by atoms with Crippen LogP contribution in [0.25, 0.3) is 0 Å². The molecule has 0 aromatic carbocycles. The summed E-state index contributed by atoms with van der Waals surface area (Å²) in [5.41, 5.74) is 1.88. The fourth-order valence-corrected chi connectivity index (χ4v) is 13.3. The molecule has 0 radical (unpaired) electrons. The topological polar surface area (TPSA) is 76.4 Å². The highest BCUT2D eigenvalue weighted by atomic mass is 16.5. The number of carbonyl (C=O) groups excluding carboxylic acids is 2. The van der Waals surface area contributed by atoms with Crippen molar-refractivity contribution in [1.82, 2.24) is 0 Å². The number of nitrogens with zero attached hydrogens (tertiary/aromatic N) is 1. The maximum absolute atomic E-state index is 13.3. The second-order valence-electron chi connectivity index (χ2n) is 18.6. The van der Waals surface area contributed by atoms with E-state index in [4.69, 9.17) is 9.47 Å². The van der Waals surface area contributed by atoms with E-state index in [2.05, 4.69) is 54.2 Å². The number of hydrogen-bond donors (Lipinski definition) is 0. The van der Waals surface area contributed by atoms with Crippen LogP contribution in [0.2, 0.25) is 0 Å². The number of fused-ring (bicyclic) bond motifs is 7. The molecule has 5 rings (SSSR count). The largest absolute Gasteiger partial charge is 0.469 e. The first-order valence-corrected chi connectivity index (χ1v) is 18.2. The van der Waals surface area contributed by atoms with Crippen LogP contribution in [0.4, 0.5) is 0 Å². The lowest BCUT2D eigenvalue weighted by molar-refractivity contribution is -0.250. The molecule has 0 aliphatic heterocycles. The summed E-state index contributed by atoms with van der Waals surface area (Å²) < 4.78 is 11.2. The van der Waals surface area contributed by atoms with Crippen molar-refractivity contribution >= 4 is 11.9 Å². The molecule has 0 saturated heterocycles. The van der Waals surface area contributed by atoms with E-state index in [1.54, 1.807) is 0 Å². The number of ether oxygens (including phenoxy) is 2. The van der Waals surface area contributed by atoms with Crippen LogP contribution < -0.4 is 0 Å². The minimum Gasteiger partial charge on any atom is -0.469 e. The predicted molar refractivity (Wildman–Crippen MR) is 179 cm³/mol. The van der Waals surface area contributed by atoms with Crippen molar-refractivity contribution in [2.24, 2.45) is 62.1 Å². The number of allylic oxidation sites excluding steroid dienone is 1. The standard InChI is InChI=1S/C40H63NO4/c1-26(2)27-14-20-40(17-11-23-41)22-21-38(8)28(34(27)40)12-13-30-37(7)18-16-31(36(5,6)29(37)15-19-39(30,38)9)45-33(43)25-35(3,4)24-32(42)44-10/h27-31,34H,1,11-22,24-25H2,2-10H3/t27?,28?,29?,30?,31-,34?,37-,38+,39+,40+/m0/s1. The van der Waals surface area contributed by atoms with Crippen LogP contribution in [0.1, 0.15) is 145 Å². The predicted octanol–water partition coefficient (Wildman–Crippen LogP) is 9.84. The quantitative estimate of drug-likeness (QED) is 0.199. The van der Waals surface area contributed by atoms with Gasteiger partial charge in [-0.3, -0.25) is 9.59 Å². The van der Waals surface area contributed by atoms with Gasteiger partial charge in [0.2, 0.25) is 0 Å². The summed E-state index contributed by atoms with van der Waals surface area (Å²) in [7, 11) is 1.40. The van der Waals surface area contributed by atoms with Gasteiger partial charge < -0.3 is 9.47 Å². The van der Waals surface area contributed by atoms with E-state index >= 15 is 0 Å². The Bertz CT molecular complexity index is 1230. The minimum atomic E-state index is -0.493. The Balaban J connectivity index is 1.37. The van der Waals surface area contributed by atoms with Gasteiger partial charge in [-0.1, -0.05) is 60.6 Å². The van der Waals surface area contributed by atoms with Crippen LogP contribution in [0.5, 0.6) is 0 Å². The molecule has 5 aliphatic rings. The summed E-state index contributed by atoms with van der Waals surface area (Å²) in [5.74, 6) is 2.66. The Morgan fingerprint density at radius 3 is 2.20 bits per heavy atom. The molecule has 0 aromatic rings. The molecular formula is C40H63NO4. The SMILES string of the molecule is C=C(C)C1CC[C@]2(CCC#N)CC[C@]3(C)C(CCC4[C@@]5(C)CC[C@H](OC(=O)CC(C)(C)CC(=O)OC)C(C)(C)C5CC[C@]43C)C12. The molecule has 45 heavy (non-hydrogen) atoms. The summed E-state index contributed by atoms with van der Waals surface area (Å²) in [6.07, 6.45) is 14.2. The van der Waals surface area contributed by atoms with E-state index in [9.17, 15) is 14.9 Å². The van der Waals surface area contributed by atoms with Gasteiger partial charge in [-0.15, -0.1) is 0 Å². The van der Waals surface area contributed by atoms with Gasteiger partial charge in [0.1, 0.15) is 6.10 Å². The first-order valence-electron chi connectivity index (χ1n) is 18.2. The fourth-order valence-electron chi connectivity index (χ4n) is 13.3. The Morgan fingerprint density at radius 1 is 0.867 bits per heavy atom. The zero-order chi connectivity index (χ0) is 33.2. The van der Waals surface area contributed by atoms with Crippen molar-refractivity contribution in [1.29, 1.82) is 5.26 Å². The molecule has 0 spiro atoms. The summed E-state index contributed by atoms with van der Waals surface area (Å²) >= 11 is 0. The second kappa shape index (κ2) is 11.7. The summed E-state index contributed by atoms with van der Waals surface area (Å²) in [5, 5.41) is 9.59. The van der Waals surface area contributed by atoms with Gasteiger partial charge in [-0.25, -0.2) is 0 Å². The molecule has 5 heteroatoms. The first-order chi connectivity index (χ1) is 20.9. The third-order valence-corrected chi connectivity index (χ3v) is 15.7. The zero-order valence-corrected chi connectivity index (χ0v) is 30.2. The number of hydrogen-bond acceptors (Lipinski definition) is 5. The average molecular weight is 622 g/mol. The molecule has 5 saturated carbocycles. The Kier molecular flexibility index (Phi) is 8.97. The highest BCUT2D eigenvalue weighted by Gasteiger charge is 2.71. The first kappa shape index (κ1) is 34.5. The second-order valence-corrected chi connectivity index (χ2v) is 18.6. The van der Waals surface area contributed by atoms with E-state index < -0.39 is 5.41 Å². The van der Waals surface area contributed by atoms with E-state index in [-0.39, 0.29) is 47.1 Å². The lowest BCUT2D eigenvalue weighted by Gasteiger charge is -2.73. The van der Waals surface area contributed by atoms with E-state index in [1.807, 2.05) is 13.8 Å². The van der Waals surface area contributed by atoms with Gasteiger partial charge >= 0.3 is 11.9 Å². The van der Waals surface area contributed by atoms with Gasteiger partial charge in [0, 0.05) is 11.8 Å². The number of esters is 2. The third-order valence-electron chi connectivity index (χ3n) is 15.7. The molecule has 10 atom stereocenters. The van der Waals surface area contributed by atoms with Crippen molar-refractivity contribution in [3.05, 3.63) is 12.2 Å². The van der Waals surface area contributed by atoms with Crippen LogP contribution in [0.3, 0.4) is 0 Å². The zero-order valence-electron chi connectivity index (χ0n) is 30.2. The monoisotopic (exact) mass is 621 g/mol. The molecule has 0 heterocycles. The van der Waals surface area contributed by atoms with Crippen molar-refractivity contribution in [3.8, 4) is 6.07 Å². The number of methoxy groups -OCH3 is 1. The molecule has 5 fully saturated rings. The van der Waals surface area contributed by atoms with E-state index in [0.717, 1.165) is 19.3 Å². The van der Waals surface area contributed by atoms with Crippen LogP contribution >= 0.6 is 0 Å². The molecule has 252 valence electrons. The van der Waals surface area contributed by atoms with Gasteiger partial charge in [-0.05, 0) is 134 Å². The summed E-state index contributed by atoms with van der Waals surface area (Å²) in [6.45, 7) is 23.4. The maximum Gasteiger partial charge on any atom is 0.306 e. The van der Waals surface area contributed by atoms with Gasteiger partial charge in [-0.2, -0.15) is 5.26 Å². The van der Waals surface area contributed by atoms with Crippen LogP contribution in [0.15, 0.2) is 12.2 Å². The molecule has 5 nitrogen and oxygen atoms in total. The molecule has 5 unspecified atom stereocenters. The van der Waals surface area contributed by atoms with E-state index in [0.29, 0.717) is 46.8 Å². The van der Waals surface area contributed by atoms with E-state index in [1.165, 1.54) is 64.0 Å². The normalized spacial score (nSPS) is 43.5. The van der Waals surface area contributed by atoms with Crippen molar-refractivity contribution < 1.29 is 19.1 Å². The average Bonchev–Trinajstić information content (AvgIpc) is 3.33. The Labute approximate surface area is 274 Å². The molecule has 0 N–H and O–H groups in total. The Hall–Kier alpha value is -1.83. The molecule has 0 amide bonds. The van der Waals surface area contributed by atoms with Crippen molar-refractivity contribution in [3.63, 3.8) is 0 Å². The summed E-state index contributed by atoms with van der Waals surface area (Å²) in [6, 6.07) is 2.51. The number of rotatable bonds is 8.